The summed E-state index contributed by atoms with van der Waals surface area (Å²) in [5.41, 5.74) is 2.25. The van der Waals surface area contributed by atoms with Crippen LogP contribution in [-0.4, -0.2) is 25.8 Å². The van der Waals surface area contributed by atoms with Gasteiger partial charge in [-0.05, 0) is 24.6 Å². The predicted molar refractivity (Wildman–Crippen MR) is 79.8 cm³/mol. The Kier molecular flexibility index (Phi) is 3.35. The highest BCUT2D eigenvalue weighted by Gasteiger charge is 2.13. The van der Waals surface area contributed by atoms with Crippen LogP contribution >= 0.6 is 11.6 Å². The SMILES string of the molecule is Cc1nc2c(cnn2Cc2ccccc2Cl)cc1C(=O)O. The van der Waals surface area contributed by atoms with Crippen LogP contribution in [0.4, 0.5) is 0 Å². The van der Waals surface area contributed by atoms with Crippen molar-refractivity contribution in [3.63, 3.8) is 0 Å². The standard InChI is InChI=1S/C15H12ClN3O2/c1-9-12(15(20)21)6-11-7-17-19(14(11)18-9)8-10-4-2-3-5-13(10)16/h2-7H,8H2,1H3,(H,20,21). The molecule has 0 unspecified atom stereocenters. The van der Waals surface area contributed by atoms with Crippen molar-refractivity contribution in [1.82, 2.24) is 14.8 Å². The summed E-state index contributed by atoms with van der Waals surface area (Å²) in [6.07, 6.45) is 1.62. The molecule has 106 valence electrons. The number of aryl methyl sites for hydroxylation is 1. The van der Waals surface area contributed by atoms with Crippen molar-refractivity contribution < 1.29 is 9.90 Å². The van der Waals surface area contributed by atoms with Crippen LogP contribution < -0.4 is 0 Å². The summed E-state index contributed by atoms with van der Waals surface area (Å²) in [7, 11) is 0. The number of nitrogens with zero attached hydrogens (tertiary/aromatic N) is 3. The lowest BCUT2D eigenvalue weighted by atomic mass is 10.2. The highest BCUT2D eigenvalue weighted by molar-refractivity contribution is 6.31. The van der Waals surface area contributed by atoms with E-state index in [1.807, 2.05) is 24.3 Å². The zero-order valence-electron chi connectivity index (χ0n) is 11.2. The molecule has 0 radical (unpaired) electrons. The molecule has 0 fully saturated rings. The summed E-state index contributed by atoms with van der Waals surface area (Å²) in [5, 5.41) is 14.8. The van der Waals surface area contributed by atoms with Crippen LogP contribution in [0.15, 0.2) is 36.5 Å². The quantitative estimate of drug-likeness (QED) is 0.807. The molecule has 2 heterocycles. The number of benzene rings is 1. The molecule has 0 saturated heterocycles. The topological polar surface area (TPSA) is 68.0 Å². The van der Waals surface area contributed by atoms with Gasteiger partial charge in [0.05, 0.1) is 24.0 Å². The number of fused-ring (bicyclic) bond motifs is 1. The molecule has 3 rings (SSSR count). The molecule has 21 heavy (non-hydrogen) atoms. The fraction of sp³-hybridized carbons (Fsp3) is 0.133. The van der Waals surface area contributed by atoms with Gasteiger partial charge in [0.15, 0.2) is 5.65 Å². The van der Waals surface area contributed by atoms with Crippen molar-refractivity contribution in [2.45, 2.75) is 13.5 Å². The van der Waals surface area contributed by atoms with Gasteiger partial charge in [0.2, 0.25) is 0 Å². The normalized spacial score (nSPS) is 11.0. The highest BCUT2D eigenvalue weighted by Crippen LogP contribution is 2.20. The first kappa shape index (κ1) is 13.6. The summed E-state index contributed by atoms with van der Waals surface area (Å²) >= 11 is 6.15. The number of aromatic carboxylic acids is 1. The molecule has 5 nitrogen and oxygen atoms in total. The van der Waals surface area contributed by atoms with E-state index in [-0.39, 0.29) is 5.56 Å². The maximum absolute atomic E-state index is 11.1. The summed E-state index contributed by atoms with van der Waals surface area (Å²) in [5.74, 6) is -0.985. The third-order valence-corrected chi connectivity index (χ3v) is 3.68. The molecule has 2 aromatic heterocycles. The smallest absolute Gasteiger partial charge is 0.337 e. The number of carbonyl (C=O) groups is 1. The molecule has 0 saturated carbocycles. The first-order chi connectivity index (χ1) is 10.1. The molecule has 0 aliphatic rings. The van der Waals surface area contributed by atoms with Crippen molar-refractivity contribution in [1.29, 1.82) is 0 Å². The van der Waals surface area contributed by atoms with Crippen LogP contribution in [0.5, 0.6) is 0 Å². The Morgan fingerprint density at radius 3 is 2.86 bits per heavy atom. The maximum Gasteiger partial charge on any atom is 0.337 e. The number of halogens is 1. The molecule has 0 atom stereocenters. The molecule has 0 spiro atoms. The zero-order valence-corrected chi connectivity index (χ0v) is 12.0. The van der Waals surface area contributed by atoms with Crippen LogP contribution in [0.25, 0.3) is 11.0 Å². The minimum absolute atomic E-state index is 0.194. The van der Waals surface area contributed by atoms with E-state index in [0.717, 1.165) is 5.56 Å². The van der Waals surface area contributed by atoms with Crippen LogP contribution in [0.3, 0.4) is 0 Å². The van der Waals surface area contributed by atoms with Gasteiger partial charge in [-0.2, -0.15) is 5.10 Å². The van der Waals surface area contributed by atoms with Crippen LogP contribution in [0.2, 0.25) is 5.02 Å². The van der Waals surface area contributed by atoms with Crippen molar-refractivity contribution >= 4 is 28.6 Å². The Labute approximate surface area is 125 Å². The average molecular weight is 302 g/mol. The fourth-order valence-electron chi connectivity index (χ4n) is 2.22. The summed E-state index contributed by atoms with van der Waals surface area (Å²) < 4.78 is 1.72. The lowest BCUT2D eigenvalue weighted by Gasteiger charge is -2.06. The molecule has 0 bridgehead atoms. The predicted octanol–water partition coefficient (Wildman–Crippen LogP) is 3.14. The Morgan fingerprint density at radius 1 is 1.38 bits per heavy atom. The lowest BCUT2D eigenvalue weighted by molar-refractivity contribution is 0.0696. The maximum atomic E-state index is 11.1. The van der Waals surface area contributed by atoms with Crippen molar-refractivity contribution in [3.05, 3.63) is 58.4 Å². The van der Waals surface area contributed by atoms with E-state index in [9.17, 15) is 4.79 Å². The van der Waals surface area contributed by atoms with E-state index in [1.165, 1.54) is 0 Å². The van der Waals surface area contributed by atoms with Gasteiger partial charge in [0.25, 0.3) is 0 Å². The molecular formula is C15H12ClN3O2. The Bertz CT molecular complexity index is 842. The van der Waals surface area contributed by atoms with Crippen molar-refractivity contribution in [3.8, 4) is 0 Å². The Hall–Kier alpha value is -2.40. The molecule has 0 amide bonds. The second-order valence-corrected chi connectivity index (χ2v) is 5.14. The second kappa shape index (κ2) is 5.18. The van der Waals surface area contributed by atoms with Crippen LogP contribution in [0, 0.1) is 6.92 Å². The summed E-state index contributed by atoms with van der Waals surface area (Å²) in [6.45, 7) is 2.16. The Morgan fingerprint density at radius 2 is 2.14 bits per heavy atom. The third-order valence-electron chi connectivity index (χ3n) is 3.31. The monoisotopic (exact) mass is 301 g/mol. The number of hydrogen-bond donors (Lipinski definition) is 1. The van der Waals surface area contributed by atoms with E-state index >= 15 is 0 Å². The molecule has 3 aromatic rings. The molecule has 6 heteroatoms. The third kappa shape index (κ3) is 2.48. The van der Waals surface area contributed by atoms with E-state index in [2.05, 4.69) is 10.1 Å². The summed E-state index contributed by atoms with van der Waals surface area (Å²) in [4.78, 5) is 15.5. The van der Waals surface area contributed by atoms with E-state index < -0.39 is 5.97 Å². The minimum Gasteiger partial charge on any atom is -0.478 e. The minimum atomic E-state index is -0.985. The van der Waals surface area contributed by atoms with Gasteiger partial charge in [-0.25, -0.2) is 14.5 Å². The fourth-order valence-corrected chi connectivity index (χ4v) is 2.41. The van der Waals surface area contributed by atoms with Crippen LogP contribution in [0.1, 0.15) is 21.6 Å². The lowest BCUT2D eigenvalue weighted by Crippen LogP contribution is -2.06. The second-order valence-electron chi connectivity index (χ2n) is 4.73. The molecule has 1 aromatic carbocycles. The van der Waals surface area contributed by atoms with Gasteiger partial charge in [0.1, 0.15) is 0 Å². The summed E-state index contributed by atoms with van der Waals surface area (Å²) in [6, 6.07) is 9.12. The highest BCUT2D eigenvalue weighted by atomic mass is 35.5. The van der Waals surface area contributed by atoms with Gasteiger partial charge < -0.3 is 5.11 Å². The largest absolute Gasteiger partial charge is 0.478 e. The number of carboxylic acids is 1. The number of pyridine rings is 1. The van der Waals surface area contributed by atoms with E-state index in [0.29, 0.717) is 28.3 Å². The molecule has 0 aliphatic heterocycles. The molecule has 1 N–H and O–H groups in total. The van der Waals surface area contributed by atoms with Gasteiger partial charge in [-0.1, -0.05) is 29.8 Å². The van der Waals surface area contributed by atoms with Gasteiger partial charge >= 0.3 is 5.97 Å². The van der Waals surface area contributed by atoms with Gasteiger partial charge in [-0.3, -0.25) is 0 Å². The van der Waals surface area contributed by atoms with Crippen molar-refractivity contribution in [2.75, 3.05) is 0 Å². The van der Waals surface area contributed by atoms with Crippen LogP contribution in [-0.2, 0) is 6.54 Å². The average Bonchev–Trinajstić information content (AvgIpc) is 2.82. The first-order valence-corrected chi connectivity index (χ1v) is 6.74. The van der Waals surface area contributed by atoms with Gasteiger partial charge in [-0.15, -0.1) is 0 Å². The number of hydrogen-bond acceptors (Lipinski definition) is 3. The molecule has 0 aliphatic carbocycles. The van der Waals surface area contributed by atoms with Crippen molar-refractivity contribution in [2.24, 2.45) is 0 Å². The zero-order chi connectivity index (χ0) is 15.0. The number of aromatic nitrogens is 3. The van der Waals surface area contributed by atoms with Gasteiger partial charge in [0, 0.05) is 10.4 Å². The van der Waals surface area contributed by atoms with E-state index in [4.69, 9.17) is 16.7 Å². The number of carboxylic acid groups (broad SMARTS) is 1. The van der Waals surface area contributed by atoms with E-state index in [1.54, 1.807) is 23.9 Å². The number of rotatable bonds is 3. The molecular weight excluding hydrogens is 290 g/mol. The first-order valence-electron chi connectivity index (χ1n) is 6.36. The Balaban J connectivity index is 2.07.